The molecule has 3 aromatic heterocycles. The summed E-state index contributed by atoms with van der Waals surface area (Å²) in [4.78, 5) is 17.5. The lowest BCUT2D eigenvalue weighted by Crippen LogP contribution is -2.35. The quantitative estimate of drug-likeness (QED) is 0.552. The Morgan fingerprint density at radius 3 is 2.63 bits per heavy atom. The van der Waals surface area contributed by atoms with Crippen LogP contribution in [0.25, 0.3) is 27.7 Å². The van der Waals surface area contributed by atoms with Crippen LogP contribution in [0.4, 0.5) is 0 Å². The molecule has 5 rings (SSSR count). The first-order valence-corrected chi connectivity index (χ1v) is 10.7. The van der Waals surface area contributed by atoms with Gasteiger partial charge < -0.3 is 5.32 Å². The van der Waals surface area contributed by atoms with E-state index < -0.39 is 0 Å². The molecule has 7 heteroatoms. The highest BCUT2D eigenvalue weighted by molar-refractivity contribution is 5.85. The lowest BCUT2D eigenvalue weighted by Gasteiger charge is -2.23. The second kappa shape index (κ2) is 8.36. The van der Waals surface area contributed by atoms with Crippen LogP contribution in [-0.4, -0.2) is 37.5 Å². The van der Waals surface area contributed by atoms with Crippen LogP contribution < -0.4 is 10.9 Å². The van der Waals surface area contributed by atoms with E-state index in [2.05, 4.69) is 15.4 Å². The van der Waals surface area contributed by atoms with Gasteiger partial charge in [-0.3, -0.25) is 4.79 Å². The molecule has 156 valence electrons. The molecule has 4 heterocycles. The van der Waals surface area contributed by atoms with Crippen molar-refractivity contribution in [3.63, 3.8) is 0 Å². The summed E-state index contributed by atoms with van der Waals surface area (Å²) in [5.41, 5.74) is 4.68. The zero-order valence-electron chi connectivity index (χ0n) is 18.0. The van der Waals surface area contributed by atoms with Crippen molar-refractivity contribution in [3.8, 4) is 11.3 Å². The first kappa shape index (κ1) is 20.2. The molecule has 0 unspecified atom stereocenters. The van der Waals surface area contributed by atoms with E-state index in [4.69, 9.17) is 5.10 Å². The maximum absolute atomic E-state index is 13.0. The molecule has 1 aliphatic rings. The molecule has 0 bridgehead atoms. The number of fused-ring (bicyclic) bond motifs is 2. The Morgan fingerprint density at radius 2 is 1.87 bits per heavy atom. The number of hydrogen-bond acceptors (Lipinski definition) is 5. The number of aromatic nitrogens is 5. The predicted octanol–water partition coefficient (Wildman–Crippen LogP) is 3.67. The molecule has 1 aromatic carbocycles. The molecule has 1 aliphatic heterocycles. The van der Waals surface area contributed by atoms with Crippen molar-refractivity contribution in [2.45, 2.75) is 46.6 Å². The molecule has 0 atom stereocenters. The third kappa shape index (κ3) is 3.61. The summed E-state index contributed by atoms with van der Waals surface area (Å²) < 4.78 is 3.48. The minimum atomic E-state index is -0.0132. The van der Waals surface area contributed by atoms with Crippen LogP contribution in [0.5, 0.6) is 0 Å². The van der Waals surface area contributed by atoms with Crippen molar-refractivity contribution in [1.82, 2.24) is 29.7 Å². The predicted molar refractivity (Wildman–Crippen MR) is 120 cm³/mol. The number of imidazole rings is 1. The van der Waals surface area contributed by atoms with E-state index >= 15 is 0 Å². The van der Waals surface area contributed by atoms with Crippen molar-refractivity contribution in [1.29, 1.82) is 0 Å². The minimum absolute atomic E-state index is 0.0132. The SMILES string of the molecule is CC.Cc1cn2nc(-c3ccc4c(=O)n(C5CCNCC5)ncc4c3)cc(C)c2n1. The van der Waals surface area contributed by atoms with E-state index in [1.807, 2.05) is 62.7 Å². The number of nitrogens with one attached hydrogen (secondary N) is 1. The van der Waals surface area contributed by atoms with Gasteiger partial charge >= 0.3 is 0 Å². The van der Waals surface area contributed by atoms with Crippen LogP contribution in [0.15, 0.2) is 41.5 Å². The summed E-state index contributed by atoms with van der Waals surface area (Å²) in [7, 11) is 0. The van der Waals surface area contributed by atoms with Crippen LogP contribution in [0.3, 0.4) is 0 Å². The molecule has 1 fully saturated rings. The lowest BCUT2D eigenvalue weighted by atomic mass is 10.0. The van der Waals surface area contributed by atoms with Crippen molar-refractivity contribution >= 4 is 16.4 Å². The van der Waals surface area contributed by atoms with Gasteiger partial charge in [0.2, 0.25) is 0 Å². The molecule has 0 saturated carbocycles. The van der Waals surface area contributed by atoms with Gasteiger partial charge in [-0.2, -0.15) is 10.2 Å². The Hall–Kier alpha value is -3.06. The molecule has 0 radical (unpaired) electrons. The van der Waals surface area contributed by atoms with E-state index in [1.54, 1.807) is 10.9 Å². The van der Waals surface area contributed by atoms with Gasteiger partial charge in [-0.25, -0.2) is 14.2 Å². The summed E-state index contributed by atoms with van der Waals surface area (Å²) >= 11 is 0. The number of aryl methyl sites for hydroxylation is 2. The van der Waals surface area contributed by atoms with E-state index in [-0.39, 0.29) is 11.6 Å². The number of benzene rings is 1. The molecule has 30 heavy (non-hydrogen) atoms. The summed E-state index contributed by atoms with van der Waals surface area (Å²) in [6.45, 7) is 9.85. The Labute approximate surface area is 175 Å². The maximum atomic E-state index is 13.0. The molecule has 0 spiro atoms. The number of nitrogens with zero attached hydrogens (tertiary/aromatic N) is 5. The van der Waals surface area contributed by atoms with Crippen LogP contribution in [-0.2, 0) is 0 Å². The van der Waals surface area contributed by atoms with Gasteiger partial charge in [0, 0.05) is 10.9 Å². The minimum Gasteiger partial charge on any atom is -0.317 e. The van der Waals surface area contributed by atoms with Gasteiger partial charge in [-0.05, 0) is 63.5 Å². The molecule has 4 aromatic rings. The van der Waals surface area contributed by atoms with E-state index in [9.17, 15) is 4.79 Å². The highest BCUT2D eigenvalue weighted by atomic mass is 16.1. The Morgan fingerprint density at radius 1 is 1.10 bits per heavy atom. The van der Waals surface area contributed by atoms with Gasteiger partial charge in [0.25, 0.3) is 5.56 Å². The van der Waals surface area contributed by atoms with Crippen LogP contribution in [0.2, 0.25) is 0 Å². The fraction of sp³-hybridized carbons (Fsp3) is 0.391. The summed E-state index contributed by atoms with van der Waals surface area (Å²) in [5, 5.41) is 14.0. The fourth-order valence-electron chi connectivity index (χ4n) is 4.02. The second-order valence-corrected chi connectivity index (χ2v) is 7.54. The normalized spacial score (nSPS) is 14.7. The Balaban J connectivity index is 0.00000106. The fourth-order valence-corrected chi connectivity index (χ4v) is 4.02. The zero-order chi connectivity index (χ0) is 21.3. The number of rotatable bonds is 2. The molecule has 1 saturated heterocycles. The Bertz CT molecular complexity index is 1250. The molecular weight excluding hydrogens is 376 g/mol. The van der Waals surface area contributed by atoms with Gasteiger partial charge in [0.1, 0.15) is 0 Å². The van der Waals surface area contributed by atoms with Gasteiger partial charge in [-0.1, -0.05) is 19.9 Å². The van der Waals surface area contributed by atoms with Crippen LogP contribution >= 0.6 is 0 Å². The smallest absolute Gasteiger partial charge is 0.274 e. The van der Waals surface area contributed by atoms with E-state index in [0.717, 1.165) is 59.5 Å². The summed E-state index contributed by atoms with van der Waals surface area (Å²) in [5.74, 6) is 0. The van der Waals surface area contributed by atoms with Gasteiger partial charge in [-0.15, -0.1) is 0 Å². The monoisotopic (exact) mass is 404 g/mol. The van der Waals surface area contributed by atoms with E-state index in [0.29, 0.717) is 5.39 Å². The Kier molecular flexibility index (Phi) is 5.63. The second-order valence-electron chi connectivity index (χ2n) is 7.54. The molecule has 0 aliphatic carbocycles. The zero-order valence-corrected chi connectivity index (χ0v) is 18.0. The largest absolute Gasteiger partial charge is 0.317 e. The summed E-state index contributed by atoms with van der Waals surface area (Å²) in [6.07, 6.45) is 5.59. The molecule has 1 N–H and O–H groups in total. The van der Waals surface area contributed by atoms with Crippen LogP contribution in [0.1, 0.15) is 44.0 Å². The molecular formula is C23H28N6O. The first-order chi connectivity index (χ1) is 14.6. The molecule has 0 amide bonds. The van der Waals surface area contributed by atoms with Crippen molar-refractivity contribution in [2.24, 2.45) is 0 Å². The topological polar surface area (TPSA) is 77.1 Å². The lowest BCUT2D eigenvalue weighted by molar-refractivity contribution is 0.333. The molecule has 7 nitrogen and oxygen atoms in total. The van der Waals surface area contributed by atoms with Gasteiger partial charge in [0.15, 0.2) is 5.65 Å². The summed E-state index contributed by atoms with van der Waals surface area (Å²) in [6, 6.07) is 8.06. The average molecular weight is 405 g/mol. The number of hydrogen-bond donors (Lipinski definition) is 1. The highest BCUT2D eigenvalue weighted by Gasteiger charge is 2.18. The first-order valence-electron chi connectivity index (χ1n) is 10.7. The van der Waals surface area contributed by atoms with Gasteiger partial charge in [0.05, 0.1) is 35.2 Å². The van der Waals surface area contributed by atoms with Crippen molar-refractivity contribution < 1.29 is 0 Å². The van der Waals surface area contributed by atoms with Crippen molar-refractivity contribution in [3.05, 3.63) is 58.3 Å². The van der Waals surface area contributed by atoms with E-state index in [1.165, 1.54) is 0 Å². The standard InChI is InChI=1S/C21H22N6O.C2H6/c1-13-9-19(25-26-12-14(2)24-20(13)26)15-3-4-18-16(10-15)11-23-27(21(18)28)17-5-7-22-8-6-17;1-2/h3-4,9-12,17,22H,5-8H2,1-2H3;1-2H3. The maximum Gasteiger partial charge on any atom is 0.274 e. The average Bonchev–Trinajstić information content (AvgIpc) is 3.17. The van der Waals surface area contributed by atoms with Crippen LogP contribution in [0, 0.1) is 13.8 Å². The highest BCUT2D eigenvalue weighted by Crippen LogP contribution is 2.24. The third-order valence-corrected chi connectivity index (χ3v) is 5.49. The van der Waals surface area contributed by atoms with Crippen molar-refractivity contribution in [2.75, 3.05) is 13.1 Å². The number of piperidine rings is 1. The third-order valence-electron chi connectivity index (χ3n) is 5.49.